The summed E-state index contributed by atoms with van der Waals surface area (Å²) in [5.74, 6) is -0.165. The molecule has 0 saturated carbocycles. The van der Waals surface area contributed by atoms with E-state index in [-0.39, 0.29) is 12.5 Å². The molecule has 1 aromatic rings. The molecular formula is C13H18Cl2N2O2. The molecule has 0 heterocycles. The van der Waals surface area contributed by atoms with Crippen LogP contribution in [0.15, 0.2) is 18.2 Å². The third-order valence-corrected chi connectivity index (χ3v) is 3.09. The molecule has 4 nitrogen and oxygen atoms in total. The normalized spacial score (nSPS) is 10.5. The van der Waals surface area contributed by atoms with E-state index in [9.17, 15) is 4.79 Å². The first-order valence-electron chi connectivity index (χ1n) is 6.08. The Morgan fingerprint density at radius 1 is 1.26 bits per heavy atom. The molecule has 106 valence electrons. The summed E-state index contributed by atoms with van der Waals surface area (Å²) >= 11 is 11.9. The standard InChI is InChI=1S/C13H18Cl2N2O2/c1-19-8-3-2-7-16-9-12(18)17-13-10(14)5-4-6-11(13)15/h4-6,16H,2-3,7-9H2,1H3,(H,17,18). The van der Waals surface area contributed by atoms with Crippen molar-refractivity contribution in [2.75, 3.05) is 32.1 Å². The predicted molar refractivity (Wildman–Crippen MR) is 79.1 cm³/mol. The fourth-order valence-electron chi connectivity index (χ4n) is 1.50. The molecular weight excluding hydrogens is 287 g/mol. The van der Waals surface area contributed by atoms with E-state index in [2.05, 4.69) is 10.6 Å². The van der Waals surface area contributed by atoms with Crippen molar-refractivity contribution in [3.63, 3.8) is 0 Å². The quantitative estimate of drug-likeness (QED) is 0.726. The number of hydrogen-bond acceptors (Lipinski definition) is 3. The minimum absolute atomic E-state index is 0.165. The van der Waals surface area contributed by atoms with E-state index in [1.807, 2.05) is 0 Å². The third-order valence-electron chi connectivity index (χ3n) is 2.46. The number of hydrogen-bond donors (Lipinski definition) is 2. The average molecular weight is 305 g/mol. The summed E-state index contributed by atoms with van der Waals surface area (Å²) in [5, 5.41) is 6.60. The number of methoxy groups -OCH3 is 1. The van der Waals surface area contributed by atoms with E-state index >= 15 is 0 Å². The van der Waals surface area contributed by atoms with Crippen LogP contribution in [0, 0.1) is 0 Å². The van der Waals surface area contributed by atoms with Crippen LogP contribution >= 0.6 is 23.2 Å². The van der Waals surface area contributed by atoms with Crippen LogP contribution in [0.5, 0.6) is 0 Å². The fourth-order valence-corrected chi connectivity index (χ4v) is 1.99. The molecule has 0 bridgehead atoms. The predicted octanol–water partition coefficient (Wildman–Crippen LogP) is 2.95. The molecule has 0 unspecified atom stereocenters. The third kappa shape index (κ3) is 6.25. The molecule has 0 radical (unpaired) electrons. The Hall–Kier alpha value is -0.810. The van der Waals surface area contributed by atoms with Crippen LogP contribution in [-0.2, 0) is 9.53 Å². The molecule has 2 N–H and O–H groups in total. The van der Waals surface area contributed by atoms with E-state index in [0.29, 0.717) is 15.7 Å². The van der Waals surface area contributed by atoms with Gasteiger partial charge >= 0.3 is 0 Å². The number of nitrogens with one attached hydrogen (secondary N) is 2. The molecule has 6 heteroatoms. The highest BCUT2D eigenvalue weighted by Crippen LogP contribution is 2.29. The fraction of sp³-hybridized carbons (Fsp3) is 0.462. The lowest BCUT2D eigenvalue weighted by atomic mass is 10.3. The molecule has 19 heavy (non-hydrogen) atoms. The maximum absolute atomic E-state index is 11.7. The van der Waals surface area contributed by atoms with Crippen molar-refractivity contribution in [2.24, 2.45) is 0 Å². The number of para-hydroxylation sites is 1. The van der Waals surface area contributed by atoms with Gasteiger partial charge in [0.15, 0.2) is 0 Å². The summed E-state index contributed by atoms with van der Waals surface area (Å²) in [4.78, 5) is 11.7. The van der Waals surface area contributed by atoms with Gasteiger partial charge < -0.3 is 15.4 Å². The monoisotopic (exact) mass is 304 g/mol. The Balaban J connectivity index is 2.28. The average Bonchev–Trinajstić information content (AvgIpc) is 2.38. The van der Waals surface area contributed by atoms with Crippen LogP contribution in [0.25, 0.3) is 0 Å². The number of halogens is 2. The number of unbranched alkanes of at least 4 members (excludes halogenated alkanes) is 1. The summed E-state index contributed by atoms with van der Waals surface area (Å²) < 4.78 is 4.94. The van der Waals surface area contributed by atoms with Crippen LogP contribution in [0.2, 0.25) is 10.0 Å². The van der Waals surface area contributed by atoms with Crippen LogP contribution in [0.3, 0.4) is 0 Å². The topological polar surface area (TPSA) is 50.4 Å². The van der Waals surface area contributed by atoms with Gasteiger partial charge in [0.05, 0.1) is 22.3 Å². The van der Waals surface area contributed by atoms with Gasteiger partial charge in [-0.05, 0) is 31.5 Å². The minimum Gasteiger partial charge on any atom is -0.385 e. The van der Waals surface area contributed by atoms with Crippen molar-refractivity contribution in [3.05, 3.63) is 28.2 Å². The summed E-state index contributed by atoms with van der Waals surface area (Å²) in [7, 11) is 1.67. The number of carbonyl (C=O) groups is 1. The zero-order chi connectivity index (χ0) is 14.1. The van der Waals surface area contributed by atoms with Gasteiger partial charge in [-0.25, -0.2) is 0 Å². The van der Waals surface area contributed by atoms with E-state index < -0.39 is 0 Å². The smallest absolute Gasteiger partial charge is 0.238 e. The number of anilines is 1. The van der Waals surface area contributed by atoms with Gasteiger partial charge in [0, 0.05) is 13.7 Å². The first-order chi connectivity index (χ1) is 9.15. The first kappa shape index (κ1) is 16.2. The van der Waals surface area contributed by atoms with Crippen LogP contribution in [0.1, 0.15) is 12.8 Å². The van der Waals surface area contributed by atoms with Gasteiger partial charge in [0.2, 0.25) is 5.91 Å². The largest absolute Gasteiger partial charge is 0.385 e. The molecule has 1 aromatic carbocycles. The lowest BCUT2D eigenvalue weighted by molar-refractivity contribution is -0.115. The Labute approximate surface area is 123 Å². The highest BCUT2D eigenvalue weighted by atomic mass is 35.5. The number of rotatable bonds is 8. The van der Waals surface area contributed by atoms with Gasteiger partial charge in [-0.15, -0.1) is 0 Å². The zero-order valence-electron chi connectivity index (χ0n) is 10.8. The van der Waals surface area contributed by atoms with Crippen molar-refractivity contribution >= 4 is 34.8 Å². The Kier molecular flexibility index (Phi) is 7.82. The van der Waals surface area contributed by atoms with E-state index in [1.54, 1.807) is 25.3 Å². The second-order valence-electron chi connectivity index (χ2n) is 4.02. The molecule has 0 fully saturated rings. The molecule has 0 saturated heterocycles. The molecule has 1 amide bonds. The molecule has 0 aliphatic carbocycles. The van der Waals surface area contributed by atoms with Gasteiger partial charge in [0.25, 0.3) is 0 Å². The van der Waals surface area contributed by atoms with Crippen LogP contribution in [0.4, 0.5) is 5.69 Å². The van der Waals surface area contributed by atoms with Gasteiger partial charge in [-0.1, -0.05) is 29.3 Å². The number of benzene rings is 1. The van der Waals surface area contributed by atoms with Gasteiger partial charge in [0.1, 0.15) is 0 Å². The number of amides is 1. The van der Waals surface area contributed by atoms with E-state index in [0.717, 1.165) is 26.0 Å². The zero-order valence-corrected chi connectivity index (χ0v) is 12.4. The van der Waals surface area contributed by atoms with Crippen LogP contribution < -0.4 is 10.6 Å². The molecule has 0 aliphatic heterocycles. The minimum atomic E-state index is -0.165. The number of ether oxygens (including phenoxy) is 1. The van der Waals surface area contributed by atoms with Crippen molar-refractivity contribution in [1.29, 1.82) is 0 Å². The molecule has 0 spiro atoms. The van der Waals surface area contributed by atoms with E-state index in [1.165, 1.54) is 0 Å². The van der Waals surface area contributed by atoms with Crippen LogP contribution in [-0.4, -0.2) is 32.7 Å². The van der Waals surface area contributed by atoms with Gasteiger partial charge in [-0.2, -0.15) is 0 Å². The Bertz CT molecular complexity index is 393. The summed E-state index contributed by atoms with van der Waals surface area (Å²) in [6, 6.07) is 5.09. The Morgan fingerprint density at radius 2 is 1.95 bits per heavy atom. The van der Waals surface area contributed by atoms with Crippen molar-refractivity contribution in [3.8, 4) is 0 Å². The van der Waals surface area contributed by atoms with Gasteiger partial charge in [-0.3, -0.25) is 4.79 Å². The summed E-state index contributed by atoms with van der Waals surface area (Å²) in [5.41, 5.74) is 0.456. The lowest BCUT2D eigenvalue weighted by Crippen LogP contribution is -2.29. The molecule has 0 atom stereocenters. The second-order valence-corrected chi connectivity index (χ2v) is 4.84. The second kappa shape index (κ2) is 9.15. The summed E-state index contributed by atoms with van der Waals surface area (Å²) in [6.07, 6.45) is 1.94. The number of carbonyl (C=O) groups excluding carboxylic acids is 1. The molecule has 0 aliphatic rings. The van der Waals surface area contributed by atoms with Crippen molar-refractivity contribution in [2.45, 2.75) is 12.8 Å². The van der Waals surface area contributed by atoms with Crippen molar-refractivity contribution in [1.82, 2.24) is 5.32 Å². The maximum atomic E-state index is 11.7. The maximum Gasteiger partial charge on any atom is 0.238 e. The first-order valence-corrected chi connectivity index (χ1v) is 6.84. The Morgan fingerprint density at radius 3 is 2.58 bits per heavy atom. The van der Waals surface area contributed by atoms with E-state index in [4.69, 9.17) is 27.9 Å². The molecule has 0 aromatic heterocycles. The SMILES string of the molecule is COCCCCNCC(=O)Nc1c(Cl)cccc1Cl. The lowest BCUT2D eigenvalue weighted by Gasteiger charge is -2.09. The molecule has 1 rings (SSSR count). The highest BCUT2D eigenvalue weighted by Gasteiger charge is 2.08. The highest BCUT2D eigenvalue weighted by molar-refractivity contribution is 6.39. The summed E-state index contributed by atoms with van der Waals surface area (Å²) in [6.45, 7) is 1.74. The van der Waals surface area contributed by atoms with Crippen molar-refractivity contribution < 1.29 is 9.53 Å².